The average molecular weight is 246 g/mol. The van der Waals surface area contributed by atoms with E-state index in [0.29, 0.717) is 17.1 Å². The summed E-state index contributed by atoms with van der Waals surface area (Å²) in [5.41, 5.74) is 1.35. The molecule has 0 unspecified atom stereocenters. The minimum Gasteiger partial charge on any atom is -0.478 e. The van der Waals surface area contributed by atoms with Gasteiger partial charge in [-0.3, -0.25) is 0 Å². The van der Waals surface area contributed by atoms with Gasteiger partial charge in [0.1, 0.15) is 11.6 Å². The van der Waals surface area contributed by atoms with E-state index in [1.54, 1.807) is 25.1 Å². The first kappa shape index (κ1) is 12.0. The minimum atomic E-state index is -1.02. The summed E-state index contributed by atoms with van der Waals surface area (Å²) in [6.45, 7) is 1.67. The molecule has 18 heavy (non-hydrogen) atoms. The smallest absolute Gasteiger partial charge is 0.337 e. The first-order valence-electron chi connectivity index (χ1n) is 5.29. The first-order chi connectivity index (χ1) is 8.56. The largest absolute Gasteiger partial charge is 0.478 e. The van der Waals surface area contributed by atoms with Crippen molar-refractivity contribution >= 4 is 17.5 Å². The van der Waals surface area contributed by atoms with Gasteiger partial charge in [0.2, 0.25) is 0 Å². The molecule has 0 aliphatic heterocycles. The van der Waals surface area contributed by atoms with Gasteiger partial charge in [-0.2, -0.15) is 0 Å². The maximum Gasteiger partial charge on any atom is 0.337 e. The third-order valence-corrected chi connectivity index (χ3v) is 2.44. The third kappa shape index (κ3) is 2.63. The molecule has 2 rings (SSSR count). The molecule has 1 aromatic heterocycles. The fraction of sp³-hybridized carbons (Fsp3) is 0.0769. The number of hydrogen-bond donors (Lipinski definition) is 2. The lowest BCUT2D eigenvalue weighted by Crippen LogP contribution is -1.99. The molecule has 2 N–H and O–H groups in total. The number of rotatable bonds is 3. The number of carboxylic acid groups (broad SMARTS) is 1. The van der Waals surface area contributed by atoms with Crippen molar-refractivity contribution in [3.05, 3.63) is 53.5 Å². The fourth-order valence-corrected chi connectivity index (χ4v) is 1.46. The Balaban J connectivity index is 2.18. The quantitative estimate of drug-likeness (QED) is 0.874. The van der Waals surface area contributed by atoms with Gasteiger partial charge in [0, 0.05) is 11.9 Å². The van der Waals surface area contributed by atoms with Crippen LogP contribution in [-0.4, -0.2) is 16.1 Å². The van der Waals surface area contributed by atoms with Gasteiger partial charge >= 0.3 is 5.97 Å². The van der Waals surface area contributed by atoms with Gasteiger partial charge in [0.15, 0.2) is 0 Å². The molecule has 1 aromatic carbocycles. The Labute approximate surface area is 103 Å². The Bertz CT molecular complexity index is 582. The zero-order chi connectivity index (χ0) is 13.1. The Hall–Kier alpha value is -2.43. The molecule has 0 aliphatic carbocycles. The van der Waals surface area contributed by atoms with E-state index in [4.69, 9.17) is 5.11 Å². The molecule has 0 saturated heterocycles. The average Bonchev–Trinajstić information content (AvgIpc) is 2.34. The van der Waals surface area contributed by atoms with Gasteiger partial charge in [-0.15, -0.1) is 0 Å². The maximum atomic E-state index is 13.1. The van der Waals surface area contributed by atoms with E-state index in [1.807, 2.05) is 0 Å². The zero-order valence-electron chi connectivity index (χ0n) is 9.64. The van der Waals surface area contributed by atoms with Crippen LogP contribution in [0.4, 0.5) is 15.9 Å². The molecule has 0 saturated carbocycles. The summed E-state index contributed by atoms with van der Waals surface area (Å²) in [6.07, 6.45) is 1.26. The SMILES string of the molecule is Cc1cc(Nc2ccc(C(=O)O)cn2)ccc1F. The maximum absolute atomic E-state index is 13.1. The van der Waals surface area contributed by atoms with Crippen LogP contribution in [0, 0.1) is 12.7 Å². The van der Waals surface area contributed by atoms with Crippen LogP contribution in [0.1, 0.15) is 15.9 Å². The molecule has 5 heteroatoms. The molecular formula is C13H11FN2O2. The molecular weight excluding hydrogens is 235 g/mol. The summed E-state index contributed by atoms with van der Waals surface area (Å²) in [4.78, 5) is 14.6. The lowest BCUT2D eigenvalue weighted by Gasteiger charge is -2.06. The van der Waals surface area contributed by atoms with Gasteiger partial charge in [0.05, 0.1) is 5.56 Å². The van der Waals surface area contributed by atoms with E-state index in [9.17, 15) is 9.18 Å². The van der Waals surface area contributed by atoms with Crippen molar-refractivity contribution in [2.45, 2.75) is 6.92 Å². The van der Waals surface area contributed by atoms with Gasteiger partial charge in [0.25, 0.3) is 0 Å². The van der Waals surface area contributed by atoms with Crippen LogP contribution in [-0.2, 0) is 0 Å². The first-order valence-corrected chi connectivity index (χ1v) is 5.29. The normalized spacial score (nSPS) is 10.1. The molecule has 0 atom stereocenters. The number of carbonyl (C=O) groups is 1. The van der Waals surface area contributed by atoms with Crippen molar-refractivity contribution in [2.24, 2.45) is 0 Å². The minimum absolute atomic E-state index is 0.121. The van der Waals surface area contributed by atoms with Gasteiger partial charge in [-0.1, -0.05) is 0 Å². The predicted molar refractivity (Wildman–Crippen MR) is 65.6 cm³/mol. The van der Waals surface area contributed by atoms with E-state index in [2.05, 4.69) is 10.3 Å². The van der Waals surface area contributed by atoms with Crippen LogP contribution in [0.2, 0.25) is 0 Å². The molecule has 1 heterocycles. The Kier molecular flexibility index (Phi) is 3.23. The van der Waals surface area contributed by atoms with Crippen LogP contribution < -0.4 is 5.32 Å². The highest BCUT2D eigenvalue weighted by Crippen LogP contribution is 2.17. The predicted octanol–water partition coefficient (Wildman–Crippen LogP) is 2.97. The van der Waals surface area contributed by atoms with Crippen molar-refractivity contribution in [1.82, 2.24) is 4.98 Å². The number of nitrogens with zero attached hydrogens (tertiary/aromatic N) is 1. The van der Waals surface area contributed by atoms with Gasteiger partial charge < -0.3 is 10.4 Å². The number of aromatic carboxylic acids is 1. The molecule has 4 nitrogen and oxygen atoms in total. The summed E-state index contributed by atoms with van der Waals surface area (Å²) in [7, 11) is 0. The van der Waals surface area contributed by atoms with E-state index < -0.39 is 5.97 Å². The van der Waals surface area contributed by atoms with E-state index in [0.717, 1.165) is 0 Å². The second kappa shape index (κ2) is 4.83. The van der Waals surface area contributed by atoms with Crippen LogP contribution in [0.15, 0.2) is 36.5 Å². The van der Waals surface area contributed by atoms with Crippen molar-refractivity contribution < 1.29 is 14.3 Å². The number of benzene rings is 1. The number of carboxylic acids is 1. The number of pyridine rings is 1. The Morgan fingerprint density at radius 3 is 2.67 bits per heavy atom. The summed E-state index contributed by atoms with van der Waals surface area (Å²) >= 11 is 0. The molecule has 0 radical (unpaired) electrons. The lowest BCUT2D eigenvalue weighted by molar-refractivity contribution is 0.0696. The number of nitrogens with one attached hydrogen (secondary N) is 1. The highest BCUT2D eigenvalue weighted by molar-refractivity contribution is 5.87. The second-order valence-electron chi connectivity index (χ2n) is 3.83. The summed E-state index contributed by atoms with van der Waals surface area (Å²) in [5, 5.41) is 11.7. The van der Waals surface area contributed by atoms with Crippen molar-refractivity contribution in [3.8, 4) is 0 Å². The summed E-state index contributed by atoms with van der Waals surface area (Å²) in [5.74, 6) is -0.785. The monoisotopic (exact) mass is 246 g/mol. The van der Waals surface area contributed by atoms with E-state index in [1.165, 1.54) is 18.3 Å². The summed E-state index contributed by atoms with van der Waals surface area (Å²) in [6, 6.07) is 7.62. The number of aryl methyl sites for hydroxylation is 1. The Morgan fingerprint density at radius 2 is 2.11 bits per heavy atom. The van der Waals surface area contributed by atoms with Crippen molar-refractivity contribution in [3.63, 3.8) is 0 Å². The number of aromatic nitrogens is 1. The summed E-state index contributed by atoms with van der Waals surface area (Å²) < 4.78 is 13.1. The van der Waals surface area contributed by atoms with Crippen molar-refractivity contribution in [1.29, 1.82) is 0 Å². The highest BCUT2D eigenvalue weighted by Gasteiger charge is 2.04. The van der Waals surface area contributed by atoms with Gasteiger partial charge in [-0.05, 0) is 42.8 Å². The molecule has 2 aromatic rings. The molecule has 92 valence electrons. The van der Waals surface area contributed by atoms with E-state index >= 15 is 0 Å². The Morgan fingerprint density at radius 1 is 1.33 bits per heavy atom. The highest BCUT2D eigenvalue weighted by atomic mass is 19.1. The van der Waals surface area contributed by atoms with Crippen LogP contribution in [0.5, 0.6) is 0 Å². The number of anilines is 2. The standard InChI is InChI=1S/C13H11FN2O2/c1-8-6-10(3-4-11(8)14)16-12-5-2-9(7-15-12)13(17)18/h2-7H,1H3,(H,15,16)(H,17,18). The number of halogens is 1. The van der Waals surface area contributed by atoms with Crippen LogP contribution in [0.25, 0.3) is 0 Å². The number of hydrogen-bond acceptors (Lipinski definition) is 3. The molecule has 0 spiro atoms. The molecule has 0 bridgehead atoms. The van der Waals surface area contributed by atoms with Gasteiger partial charge in [-0.25, -0.2) is 14.2 Å². The van der Waals surface area contributed by atoms with E-state index in [-0.39, 0.29) is 11.4 Å². The lowest BCUT2D eigenvalue weighted by atomic mass is 10.2. The van der Waals surface area contributed by atoms with Crippen molar-refractivity contribution in [2.75, 3.05) is 5.32 Å². The van der Waals surface area contributed by atoms with Crippen LogP contribution in [0.3, 0.4) is 0 Å². The third-order valence-electron chi connectivity index (χ3n) is 2.44. The van der Waals surface area contributed by atoms with Crippen LogP contribution >= 0.6 is 0 Å². The molecule has 0 aliphatic rings. The fourth-order valence-electron chi connectivity index (χ4n) is 1.46. The molecule has 0 fully saturated rings. The topological polar surface area (TPSA) is 62.2 Å². The molecule has 0 amide bonds. The second-order valence-corrected chi connectivity index (χ2v) is 3.83. The zero-order valence-corrected chi connectivity index (χ0v) is 9.64.